The molecule has 0 radical (unpaired) electrons. The lowest BCUT2D eigenvalue weighted by Crippen LogP contribution is -2.29. The number of benzene rings is 2. The average molecular weight is 333 g/mol. The number of hydrogen-bond donors (Lipinski definition) is 0. The van der Waals surface area contributed by atoms with Gasteiger partial charge in [0, 0.05) is 18.7 Å². The number of likely N-dealkylation sites (tertiary alicyclic amines) is 1. The van der Waals surface area contributed by atoms with Gasteiger partial charge < -0.3 is 9.47 Å². The summed E-state index contributed by atoms with van der Waals surface area (Å²) >= 11 is 0. The quantitative estimate of drug-likeness (QED) is 0.709. The molecule has 2 aromatic carbocycles. The van der Waals surface area contributed by atoms with Gasteiger partial charge in [-0.25, -0.2) is 4.98 Å². The van der Waals surface area contributed by atoms with E-state index in [2.05, 4.69) is 28.6 Å². The molecule has 1 atom stereocenters. The molecule has 25 heavy (non-hydrogen) atoms. The van der Waals surface area contributed by atoms with E-state index in [0.29, 0.717) is 6.04 Å². The van der Waals surface area contributed by atoms with Crippen molar-refractivity contribution in [3.8, 4) is 0 Å². The van der Waals surface area contributed by atoms with Gasteiger partial charge in [0.05, 0.1) is 17.1 Å². The molecular formula is C21H23N3O. The van der Waals surface area contributed by atoms with Crippen molar-refractivity contribution in [1.29, 1.82) is 0 Å². The first-order chi connectivity index (χ1) is 12.0. The van der Waals surface area contributed by atoms with E-state index in [1.807, 2.05) is 49.1 Å². The largest absolute Gasteiger partial charge is 0.336 e. The number of rotatable bonds is 2. The van der Waals surface area contributed by atoms with E-state index >= 15 is 0 Å². The highest BCUT2D eigenvalue weighted by molar-refractivity contribution is 5.96. The lowest BCUT2D eigenvalue weighted by atomic mass is 10.0. The Labute approximate surface area is 148 Å². The van der Waals surface area contributed by atoms with Crippen LogP contribution >= 0.6 is 0 Å². The fourth-order valence-electron chi connectivity index (χ4n) is 3.90. The Bertz CT molecular complexity index is 957. The maximum absolute atomic E-state index is 13.0. The van der Waals surface area contributed by atoms with Crippen LogP contribution in [-0.2, 0) is 0 Å². The third kappa shape index (κ3) is 2.72. The number of aromatic nitrogens is 2. The van der Waals surface area contributed by atoms with Crippen molar-refractivity contribution in [2.75, 3.05) is 13.1 Å². The van der Waals surface area contributed by atoms with Crippen molar-refractivity contribution >= 4 is 16.9 Å². The van der Waals surface area contributed by atoms with E-state index in [-0.39, 0.29) is 5.91 Å². The number of carbonyl (C=O) groups is 1. The number of imidazole rings is 1. The highest BCUT2D eigenvalue weighted by Crippen LogP contribution is 2.29. The number of aryl methyl sites for hydroxylation is 3. The predicted octanol–water partition coefficient (Wildman–Crippen LogP) is 4.05. The number of hydrogen-bond acceptors (Lipinski definition) is 2. The molecule has 0 aliphatic carbocycles. The fraction of sp³-hybridized carbons (Fsp3) is 0.333. The molecule has 3 aromatic rings. The second kappa shape index (κ2) is 6.03. The third-order valence-electron chi connectivity index (χ3n) is 5.21. The van der Waals surface area contributed by atoms with Crippen molar-refractivity contribution in [1.82, 2.24) is 14.5 Å². The van der Waals surface area contributed by atoms with Crippen LogP contribution in [0.15, 0.2) is 42.5 Å². The van der Waals surface area contributed by atoms with Gasteiger partial charge in [0.1, 0.15) is 5.82 Å². The molecule has 1 amide bonds. The van der Waals surface area contributed by atoms with Crippen molar-refractivity contribution in [2.24, 2.45) is 0 Å². The van der Waals surface area contributed by atoms with Gasteiger partial charge in [-0.05, 0) is 51.0 Å². The molecule has 1 aromatic heterocycles. The Morgan fingerprint density at radius 3 is 2.76 bits per heavy atom. The van der Waals surface area contributed by atoms with Crippen LogP contribution in [-0.4, -0.2) is 33.4 Å². The Morgan fingerprint density at radius 1 is 1.12 bits per heavy atom. The lowest BCUT2D eigenvalue weighted by Gasteiger charge is -2.19. The monoisotopic (exact) mass is 333 g/mol. The van der Waals surface area contributed by atoms with E-state index in [1.165, 1.54) is 0 Å². The van der Waals surface area contributed by atoms with Gasteiger partial charge in [-0.1, -0.05) is 29.8 Å². The summed E-state index contributed by atoms with van der Waals surface area (Å²) in [4.78, 5) is 19.6. The highest BCUT2D eigenvalue weighted by atomic mass is 16.2. The summed E-state index contributed by atoms with van der Waals surface area (Å²) in [6, 6.07) is 14.6. The number of carbonyl (C=O) groups excluding carboxylic acids is 1. The highest BCUT2D eigenvalue weighted by Gasteiger charge is 2.30. The Hall–Kier alpha value is -2.62. The van der Waals surface area contributed by atoms with Crippen LogP contribution in [0.4, 0.5) is 0 Å². The molecule has 0 bridgehead atoms. The topological polar surface area (TPSA) is 38.1 Å². The number of para-hydroxylation sites is 2. The van der Waals surface area contributed by atoms with E-state index in [0.717, 1.165) is 53.1 Å². The van der Waals surface area contributed by atoms with E-state index in [9.17, 15) is 4.79 Å². The second-order valence-corrected chi connectivity index (χ2v) is 7.03. The van der Waals surface area contributed by atoms with Gasteiger partial charge >= 0.3 is 0 Å². The summed E-state index contributed by atoms with van der Waals surface area (Å²) in [5, 5.41) is 0. The molecular weight excluding hydrogens is 310 g/mol. The van der Waals surface area contributed by atoms with Gasteiger partial charge in [-0.3, -0.25) is 4.79 Å². The van der Waals surface area contributed by atoms with Crippen LogP contribution in [0.1, 0.15) is 39.8 Å². The summed E-state index contributed by atoms with van der Waals surface area (Å²) in [7, 11) is 0. The van der Waals surface area contributed by atoms with Crippen molar-refractivity contribution in [2.45, 2.75) is 33.2 Å². The maximum Gasteiger partial charge on any atom is 0.254 e. The normalized spacial score (nSPS) is 17.4. The molecule has 0 N–H and O–H groups in total. The first kappa shape index (κ1) is 15.9. The molecule has 0 saturated carbocycles. The average Bonchev–Trinajstić information content (AvgIpc) is 3.19. The zero-order valence-electron chi connectivity index (χ0n) is 15.0. The minimum atomic E-state index is 0.144. The van der Waals surface area contributed by atoms with Gasteiger partial charge in [0.15, 0.2) is 0 Å². The van der Waals surface area contributed by atoms with Gasteiger partial charge in [-0.15, -0.1) is 0 Å². The van der Waals surface area contributed by atoms with Crippen molar-refractivity contribution < 1.29 is 4.79 Å². The van der Waals surface area contributed by atoms with E-state index in [1.54, 1.807) is 0 Å². The van der Waals surface area contributed by atoms with Crippen molar-refractivity contribution in [3.63, 3.8) is 0 Å². The Morgan fingerprint density at radius 2 is 1.92 bits per heavy atom. The van der Waals surface area contributed by atoms with E-state index in [4.69, 9.17) is 0 Å². The van der Waals surface area contributed by atoms with Gasteiger partial charge in [0.2, 0.25) is 0 Å². The zero-order chi connectivity index (χ0) is 17.6. The minimum Gasteiger partial charge on any atom is -0.336 e. The van der Waals surface area contributed by atoms with Crippen molar-refractivity contribution in [3.05, 3.63) is 65.0 Å². The molecule has 0 spiro atoms. The SMILES string of the molecule is Cc1ccc(C)c(C(=O)N2CCC(n3c(C)nc4ccccc43)C2)c1. The lowest BCUT2D eigenvalue weighted by molar-refractivity contribution is 0.0787. The van der Waals surface area contributed by atoms with Gasteiger partial charge in [-0.2, -0.15) is 0 Å². The smallest absolute Gasteiger partial charge is 0.254 e. The first-order valence-electron chi connectivity index (χ1n) is 8.84. The standard InChI is InChI=1S/C21H23N3O/c1-14-8-9-15(2)18(12-14)21(25)23-11-10-17(13-23)24-16(3)22-19-6-4-5-7-20(19)24/h4-9,12,17H,10-11,13H2,1-3H3. The second-order valence-electron chi connectivity index (χ2n) is 7.03. The summed E-state index contributed by atoms with van der Waals surface area (Å²) < 4.78 is 2.30. The number of fused-ring (bicyclic) bond motifs is 1. The summed E-state index contributed by atoms with van der Waals surface area (Å²) in [6.45, 7) is 7.63. The predicted molar refractivity (Wildman–Crippen MR) is 99.9 cm³/mol. The molecule has 4 rings (SSSR count). The van der Waals surface area contributed by atoms with Crippen LogP contribution in [0.3, 0.4) is 0 Å². The molecule has 1 fully saturated rings. The van der Waals surface area contributed by atoms with Crippen LogP contribution in [0.5, 0.6) is 0 Å². The summed E-state index contributed by atoms with van der Waals surface area (Å²) in [5.74, 6) is 1.16. The summed E-state index contributed by atoms with van der Waals surface area (Å²) in [5.41, 5.74) is 5.18. The van der Waals surface area contributed by atoms with Crippen LogP contribution in [0.2, 0.25) is 0 Å². The summed E-state index contributed by atoms with van der Waals surface area (Å²) in [6.07, 6.45) is 0.970. The van der Waals surface area contributed by atoms with Crippen LogP contribution in [0, 0.1) is 20.8 Å². The molecule has 1 saturated heterocycles. The minimum absolute atomic E-state index is 0.144. The number of nitrogens with zero attached hydrogens (tertiary/aromatic N) is 3. The maximum atomic E-state index is 13.0. The van der Waals surface area contributed by atoms with E-state index < -0.39 is 0 Å². The molecule has 1 unspecified atom stereocenters. The fourth-order valence-corrected chi connectivity index (χ4v) is 3.90. The molecule has 128 valence electrons. The number of amides is 1. The molecule has 1 aliphatic heterocycles. The van der Waals surface area contributed by atoms with Gasteiger partial charge in [0.25, 0.3) is 5.91 Å². The third-order valence-corrected chi connectivity index (χ3v) is 5.21. The zero-order valence-corrected chi connectivity index (χ0v) is 15.0. The molecule has 4 nitrogen and oxygen atoms in total. The molecule has 1 aliphatic rings. The molecule has 4 heteroatoms. The Kier molecular flexibility index (Phi) is 3.83. The first-order valence-corrected chi connectivity index (χ1v) is 8.84. The van der Waals surface area contributed by atoms with Crippen LogP contribution in [0.25, 0.3) is 11.0 Å². The molecule has 2 heterocycles. The van der Waals surface area contributed by atoms with Crippen LogP contribution < -0.4 is 0 Å². The Balaban J connectivity index is 1.62.